The Morgan fingerprint density at radius 3 is 2.94 bits per heavy atom. The lowest BCUT2D eigenvalue weighted by Gasteiger charge is -2.25. The Labute approximate surface area is 95.0 Å². The second-order valence-electron chi connectivity index (χ2n) is 4.18. The molecule has 0 radical (unpaired) electrons. The van der Waals surface area contributed by atoms with Crippen LogP contribution in [0.15, 0.2) is 10.5 Å². The minimum absolute atomic E-state index is 0.337. The maximum Gasteiger partial charge on any atom is 0.341 e. The minimum atomic E-state index is -0.337. The van der Waals surface area contributed by atoms with Gasteiger partial charge in [0.15, 0.2) is 0 Å². The number of rotatable bonds is 4. The van der Waals surface area contributed by atoms with Crippen molar-refractivity contribution in [3.63, 3.8) is 0 Å². The van der Waals surface area contributed by atoms with Gasteiger partial charge in [0.05, 0.1) is 13.7 Å². The summed E-state index contributed by atoms with van der Waals surface area (Å²) >= 11 is 0. The summed E-state index contributed by atoms with van der Waals surface area (Å²) in [6.07, 6.45) is 3.79. The van der Waals surface area contributed by atoms with Crippen molar-refractivity contribution < 1.29 is 13.9 Å². The van der Waals surface area contributed by atoms with Gasteiger partial charge in [-0.1, -0.05) is 6.42 Å². The number of methoxy groups -OCH3 is 1. The summed E-state index contributed by atoms with van der Waals surface area (Å²) in [7, 11) is 1.38. The molecule has 1 aromatic heterocycles. The Morgan fingerprint density at radius 2 is 2.38 bits per heavy atom. The fourth-order valence-electron chi connectivity index (χ4n) is 1.80. The smallest absolute Gasteiger partial charge is 0.341 e. The number of carbonyl (C=O) groups is 1. The van der Waals surface area contributed by atoms with Crippen LogP contribution in [0.5, 0.6) is 0 Å². The quantitative estimate of drug-likeness (QED) is 0.793. The first-order chi connectivity index (χ1) is 7.70. The van der Waals surface area contributed by atoms with Crippen LogP contribution in [0.3, 0.4) is 0 Å². The summed E-state index contributed by atoms with van der Waals surface area (Å²) in [5.41, 5.74) is 0.521. The fourth-order valence-corrected chi connectivity index (χ4v) is 1.80. The third kappa shape index (κ3) is 2.27. The van der Waals surface area contributed by atoms with Gasteiger partial charge in [-0.2, -0.15) is 0 Å². The first kappa shape index (κ1) is 11.2. The number of hydrogen-bond donors (Lipinski definition) is 1. The van der Waals surface area contributed by atoms with Gasteiger partial charge in [0.1, 0.15) is 17.1 Å². The van der Waals surface area contributed by atoms with E-state index in [1.807, 2.05) is 0 Å². The van der Waals surface area contributed by atoms with E-state index in [2.05, 4.69) is 10.1 Å². The highest BCUT2D eigenvalue weighted by atomic mass is 16.5. The standard InChI is InChI=1S/C12H17NO3/c1-8-11(12(14)15-2)6-10(16-8)7-13-9-4-3-5-9/h6,9,13H,3-5,7H2,1-2H3. The first-order valence-electron chi connectivity index (χ1n) is 5.61. The fraction of sp³-hybridized carbons (Fsp3) is 0.583. The van der Waals surface area contributed by atoms with E-state index < -0.39 is 0 Å². The van der Waals surface area contributed by atoms with Crippen LogP contribution in [0.1, 0.15) is 41.1 Å². The van der Waals surface area contributed by atoms with Gasteiger partial charge in [-0.3, -0.25) is 0 Å². The minimum Gasteiger partial charge on any atom is -0.465 e. The second kappa shape index (κ2) is 4.70. The summed E-state index contributed by atoms with van der Waals surface area (Å²) in [5.74, 6) is 1.08. The zero-order valence-corrected chi connectivity index (χ0v) is 9.71. The lowest BCUT2D eigenvalue weighted by Crippen LogP contribution is -2.34. The van der Waals surface area contributed by atoms with E-state index in [9.17, 15) is 4.79 Å². The zero-order valence-electron chi connectivity index (χ0n) is 9.71. The average Bonchev–Trinajstić information content (AvgIpc) is 2.56. The van der Waals surface area contributed by atoms with E-state index in [0.29, 0.717) is 23.9 Å². The van der Waals surface area contributed by atoms with Crippen molar-refractivity contribution in [2.24, 2.45) is 0 Å². The molecule has 88 valence electrons. The number of nitrogens with one attached hydrogen (secondary N) is 1. The molecule has 1 aliphatic rings. The van der Waals surface area contributed by atoms with Crippen LogP contribution in [0.4, 0.5) is 0 Å². The maximum atomic E-state index is 11.4. The molecule has 4 heteroatoms. The zero-order chi connectivity index (χ0) is 11.5. The van der Waals surface area contributed by atoms with Gasteiger partial charge in [-0.25, -0.2) is 4.79 Å². The summed E-state index contributed by atoms with van der Waals surface area (Å²) in [5, 5.41) is 3.39. The van der Waals surface area contributed by atoms with Crippen LogP contribution in [0.25, 0.3) is 0 Å². The molecule has 1 fully saturated rings. The number of carbonyl (C=O) groups excluding carboxylic acids is 1. The van der Waals surface area contributed by atoms with E-state index in [1.165, 1.54) is 26.4 Å². The SMILES string of the molecule is COC(=O)c1cc(CNC2CCC2)oc1C. The number of aryl methyl sites for hydroxylation is 1. The molecule has 0 amide bonds. The van der Waals surface area contributed by atoms with Crippen molar-refractivity contribution in [3.8, 4) is 0 Å². The van der Waals surface area contributed by atoms with Crippen LogP contribution < -0.4 is 5.32 Å². The molecule has 1 aromatic rings. The van der Waals surface area contributed by atoms with Crippen molar-refractivity contribution in [2.75, 3.05) is 7.11 Å². The predicted molar refractivity (Wildman–Crippen MR) is 59.3 cm³/mol. The Kier molecular flexibility index (Phi) is 3.29. The molecule has 1 heterocycles. The molecule has 0 aromatic carbocycles. The number of ether oxygens (including phenoxy) is 1. The Bertz CT molecular complexity index is 380. The van der Waals surface area contributed by atoms with E-state index >= 15 is 0 Å². The lowest BCUT2D eigenvalue weighted by atomic mass is 9.93. The molecular weight excluding hydrogens is 206 g/mol. The molecule has 0 atom stereocenters. The molecular formula is C12H17NO3. The molecule has 0 aliphatic heterocycles. The third-order valence-corrected chi connectivity index (χ3v) is 3.04. The van der Waals surface area contributed by atoms with Crippen molar-refractivity contribution in [1.82, 2.24) is 5.32 Å². The highest BCUT2D eigenvalue weighted by molar-refractivity contribution is 5.90. The van der Waals surface area contributed by atoms with Crippen molar-refractivity contribution in [2.45, 2.75) is 38.8 Å². The summed E-state index contributed by atoms with van der Waals surface area (Å²) in [6.45, 7) is 2.46. The van der Waals surface area contributed by atoms with E-state index in [4.69, 9.17) is 4.42 Å². The molecule has 2 rings (SSSR count). The summed E-state index contributed by atoms with van der Waals surface area (Å²) in [4.78, 5) is 11.4. The Morgan fingerprint density at radius 1 is 1.62 bits per heavy atom. The molecule has 1 saturated carbocycles. The van der Waals surface area contributed by atoms with Gasteiger partial charge in [0, 0.05) is 6.04 Å². The van der Waals surface area contributed by atoms with Crippen molar-refractivity contribution in [1.29, 1.82) is 0 Å². The van der Waals surface area contributed by atoms with Crippen LogP contribution in [-0.2, 0) is 11.3 Å². The molecule has 4 nitrogen and oxygen atoms in total. The van der Waals surface area contributed by atoms with Gasteiger partial charge < -0.3 is 14.5 Å². The third-order valence-electron chi connectivity index (χ3n) is 3.04. The van der Waals surface area contributed by atoms with Gasteiger partial charge in [0.2, 0.25) is 0 Å². The largest absolute Gasteiger partial charge is 0.465 e. The number of hydrogen-bond acceptors (Lipinski definition) is 4. The first-order valence-corrected chi connectivity index (χ1v) is 5.61. The molecule has 0 bridgehead atoms. The molecule has 1 N–H and O–H groups in total. The average molecular weight is 223 g/mol. The normalized spacial score (nSPS) is 15.9. The van der Waals surface area contributed by atoms with Gasteiger partial charge in [0.25, 0.3) is 0 Å². The molecule has 0 saturated heterocycles. The van der Waals surface area contributed by atoms with Crippen molar-refractivity contribution in [3.05, 3.63) is 23.2 Å². The maximum absolute atomic E-state index is 11.4. The van der Waals surface area contributed by atoms with E-state index in [-0.39, 0.29) is 5.97 Å². The van der Waals surface area contributed by atoms with Crippen LogP contribution >= 0.6 is 0 Å². The van der Waals surface area contributed by atoms with E-state index in [1.54, 1.807) is 13.0 Å². The summed E-state index contributed by atoms with van der Waals surface area (Å²) in [6, 6.07) is 2.37. The van der Waals surface area contributed by atoms with Crippen molar-refractivity contribution >= 4 is 5.97 Å². The number of furan rings is 1. The molecule has 0 unspecified atom stereocenters. The monoisotopic (exact) mass is 223 g/mol. The number of esters is 1. The Hall–Kier alpha value is -1.29. The van der Waals surface area contributed by atoms with Gasteiger partial charge >= 0.3 is 5.97 Å². The predicted octanol–water partition coefficient (Wildman–Crippen LogP) is 2.02. The summed E-state index contributed by atoms with van der Waals surface area (Å²) < 4.78 is 10.2. The van der Waals surface area contributed by atoms with Gasteiger partial charge in [-0.05, 0) is 25.8 Å². The topological polar surface area (TPSA) is 51.5 Å². The van der Waals surface area contributed by atoms with Crippen LogP contribution in [0.2, 0.25) is 0 Å². The van der Waals surface area contributed by atoms with E-state index in [0.717, 1.165) is 5.76 Å². The molecule has 0 spiro atoms. The van der Waals surface area contributed by atoms with Crippen LogP contribution in [-0.4, -0.2) is 19.1 Å². The lowest BCUT2D eigenvalue weighted by molar-refractivity contribution is 0.0599. The highest BCUT2D eigenvalue weighted by Gasteiger charge is 2.19. The molecule has 1 aliphatic carbocycles. The second-order valence-corrected chi connectivity index (χ2v) is 4.18. The van der Waals surface area contributed by atoms with Gasteiger partial charge in [-0.15, -0.1) is 0 Å². The highest BCUT2D eigenvalue weighted by Crippen LogP contribution is 2.20. The van der Waals surface area contributed by atoms with Crippen LogP contribution in [0, 0.1) is 6.92 Å². The Balaban J connectivity index is 1.96. The molecule has 16 heavy (non-hydrogen) atoms.